The smallest absolute Gasteiger partial charge is 0.253 e. The highest BCUT2D eigenvalue weighted by Gasteiger charge is 2.34. The minimum atomic E-state index is -0.858. The van der Waals surface area contributed by atoms with Gasteiger partial charge in [-0.25, -0.2) is 8.78 Å². The molecule has 2 aliphatic rings. The van der Waals surface area contributed by atoms with Crippen LogP contribution < -0.4 is 10.5 Å². The van der Waals surface area contributed by atoms with Gasteiger partial charge in [-0.1, -0.05) is 6.07 Å². The molecule has 1 amide bonds. The van der Waals surface area contributed by atoms with Crippen LogP contribution in [0.3, 0.4) is 0 Å². The predicted molar refractivity (Wildman–Crippen MR) is 102 cm³/mol. The summed E-state index contributed by atoms with van der Waals surface area (Å²) in [6.07, 6.45) is 0.368. The molecule has 0 atom stereocenters. The molecule has 1 aromatic heterocycles. The molecular weight excluding hydrogens is 364 g/mol. The Morgan fingerprint density at radius 2 is 1.86 bits per heavy atom. The van der Waals surface area contributed by atoms with Gasteiger partial charge in [-0.05, 0) is 37.1 Å². The molecule has 0 N–H and O–H groups in total. The van der Waals surface area contributed by atoms with E-state index in [9.17, 15) is 18.4 Å². The Morgan fingerprint density at radius 1 is 1.14 bits per heavy atom. The number of halogens is 2. The van der Waals surface area contributed by atoms with Crippen LogP contribution in [0.15, 0.2) is 23.0 Å². The first-order chi connectivity index (χ1) is 13.3. The van der Waals surface area contributed by atoms with E-state index in [2.05, 4.69) is 0 Å². The molecule has 0 spiro atoms. The highest BCUT2D eigenvalue weighted by atomic mass is 19.2. The topological polar surface area (TPSA) is 45.6 Å². The van der Waals surface area contributed by atoms with Crippen LogP contribution in [0.5, 0.6) is 0 Å². The molecule has 1 fully saturated rings. The van der Waals surface area contributed by atoms with E-state index in [1.807, 2.05) is 13.8 Å². The number of pyridine rings is 1. The maximum Gasteiger partial charge on any atom is 0.253 e. The molecule has 0 saturated carbocycles. The zero-order valence-corrected chi connectivity index (χ0v) is 16.3. The van der Waals surface area contributed by atoms with E-state index in [1.54, 1.807) is 27.5 Å². The average molecular weight is 387 g/mol. The number of carbonyl (C=O) groups is 1. The van der Waals surface area contributed by atoms with Crippen LogP contribution in [0.2, 0.25) is 0 Å². The van der Waals surface area contributed by atoms with Crippen molar-refractivity contribution in [2.24, 2.45) is 13.0 Å². The number of anilines is 1. The summed E-state index contributed by atoms with van der Waals surface area (Å²) < 4.78 is 28.9. The number of carbonyl (C=O) groups excluding carboxylic acids is 1. The number of nitrogens with zero attached hydrogens (tertiary/aromatic N) is 3. The van der Waals surface area contributed by atoms with E-state index in [0.29, 0.717) is 32.6 Å². The maximum absolute atomic E-state index is 13.9. The summed E-state index contributed by atoms with van der Waals surface area (Å²) in [5, 5.41) is 0. The first-order valence-electron chi connectivity index (χ1n) is 9.42. The largest absolute Gasteiger partial charge is 0.368 e. The standard InChI is InChI=1S/C21H23F2N3O2/c1-12-13(2)21(28)24(3)18-11-26(10-15(12)18)19(27)7-14-8-25(9-14)17-6-4-5-16(22)20(17)23/h4-6,14H,7-11H2,1-3H3. The van der Waals surface area contributed by atoms with Crippen molar-refractivity contribution in [2.45, 2.75) is 33.4 Å². The SMILES string of the molecule is Cc1c2c(n(C)c(=O)c1C)CN(C(=O)CC1CN(c3cccc(F)c3F)C1)C2. The third-order valence-electron chi connectivity index (χ3n) is 6.13. The Morgan fingerprint density at radius 3 is 2.57 bits per heavy atom. The summed E-state index contributed by atoms with van der Waals surface area (Å²) in [5.74, 6) is -1.55. The Kier molecular flexibility index (Phi) is 4.48. The van der Waals surface area contributed by atoms with Crippen molar-refractivity contribution in [3.8, 4) is 0 Å². The van der Waals surface area contributed by atoms with Crippen molar-refractivity contribution in [3.05, 3.63) is 62.6 Å². The van der Waals surface area contributed by atoms with Gasteiger partial charge in [0.15, 0.2) is 11.6 Å². The van der Waals surface area contributed by atoms with E-state index in [4.69, 9.17) is 0 Å². The summed E-state index contributed by atoms with van der Waals surface area (Å²) in [7, 11) is 1.75. The molecule has 0 bridgehead atoms. The molecule has 2 aromatic rings. The second kappa shape index (κ2) is 6.72. The minimum absolute atomic E-state index is 0.0164. The Balaban J connectivity index is 1.40. The molecule has 1 aromatic carbocycles. The van der Waals surface area contributed by atoms with E-state index < -0.39 is 11.6 Å². The van der Waals surface area contributed by atoms with Crippen LogP contribution in [-0.2, 0) is 24.9 Å². The third kappa shape index (κ3) is 2.89. The quantitative estimate of drug-likeness (QED) is 0.814. The van der Waals surface area contributed by atoms with Gasteiger partial charge in [0, 0.05) is 50.3 Å². The lowest BCUT2D eigenvalue weighted by Gasteiger charge is -2.41. The van der Waals surface area contributed by atoms with Crippen LogP contribution in [0.4, 0.5) is 14.5 Å². The van der Waals surface area contributed by atoms with Crippen molar-refractivity contribution in [3.63, 3.8) is 0 Å². The number of hydrogen-bond donors (Lipinski definition) is 0. The second-order valence-corrected chi connectivity index (χ2v) is 7.84. The molecule has 28 heavy (non-hydrogen) atoms. The van der Waals surface area contributed by atoms with Gasteiger partial charge in [0.05, 0.1) is 12.2 Å². The van der Waals surface area contributed by atoms with Gasteiger partial charge in [-0.3, -0.25) is 9.59 Å². The number of amides is 1. The fourth-order valence-corrected chi connectivity index (χ4v) is 4.20. The average Bonchev–Trinajstić information content (AvgIpc) is 3.09. The molecule has 2 aliphatic heterocycles. The summed E-state index contributed by atoms with van der Waals surface area (Å²) in [5.41, 5.74) is 3.88. The number of benzene rings is 1. The van der Waals surface area contributed by atoms with Crippen molar-refractivity contribution in [1.82, 2.24) is 9.47 Å². The Hall–Kier alpha value is -2.70. The number of aromatic nitrogens is 1. The number of fused-ring (bicyclic) bond motifs is 1. The van der Waals surface area contributed by atoms with E-state index in [1.165, 1.54) is 6.07 Å². The fraction of sp³-hybridized carbons (Fsp3) is 0.429. The van der Waals surface area contributed by atoms with Gasteiger partial charge in [0.2, 0.25) is 5.91 Å². The molecule has 7 heteroatoms. The zero-order chi connectivity index (χ0) is 20.2. The first-order valence-corrected chi connectivity index (χ1v) is 9.42. The number of rotatable bonds is 3. The molecule has 5 nitrogen and oxygen atoms in total. The maximum atomic E-state index is 13.9. The molecule has 0 unspecified atom stereocenters. The van der Waals surface area contributed by atoms with Crippen molar-refractivity contribution in [2.75, 3.05) is 18.0 Å². The molecule has 4 rings (SSSR count). The summed E-state index contributed by atoms with van der Waals surface area (Å²) in [6.45, 7) is 5.77. The van der Waals surface area contributed by atoms with Crippen molar-refractivity contribution < 1.29 is 13.6 Å². The zero-order valence-electron chi connectivity index (χ0n) is 16.3. The number of hydrogen-bond acceptors (Lipinski definition) is 3. The Labute approximate surface area is 162 Å². The van der Waals surface area contributed by atoms with Crippen molar-refractivity contribution >= 4 is 11.6 Å². The molecule has 0 aliphatic carbocycles. The van der Waals surface area contributed by atoms with E-state index >= 15 is 0 Å². The molecule has 148 valence electrons. The Bertz CT molecular complexity index is 1030. The summed E-state index contributed by atoms with van der Waals surface area (Å²) >= 11 is 0. The van der Waals surface area contributed by atoms with Gasteiger partial charge in [0.25, 0.3) is 5.56 Å². The van der Waals surface area contributed by atoms with Gasteiger partial charge < -0.3 is 14.4 Å². The summed E-state index contributed by atoms with van der Waals surface area (Å²) in [4.78, 5) is 28.6. The van der Waals surface area contributed by atoms with Gasteiger partial charge >= 0.3 is 0 Å². The first kappa shape index (κ1) is 18.7. The predicted octanol–water partition coefficient (Wildman–Crippen LogP) is 2.65. The highest BCUT2D eigenvalue weighted by molar-refractivity contribution is 5.77. The van der Waals surface area contributed by atoms with E-state index in [0.717, 1.165) is 28.5 Å². The van der Waals surface area contributed by atoms with Crippen LogP contribution in [0.1, 0.15) is 28.8 Å². The second-order valence-electron chi connectivity index (χ2n) is 7.84. The monoisotopic (exact) mass is 387 g/mol. The lowest BCUT2D eigenvalue weighted by molar-refractivity contribution is -0.133. The van der Waals surface area contributed by atoms with Crippen LogP contribution in [-0.4, -0.2) is 28.5 Å². The van der Waals surface area contributed by atoms with E-state index in [-0.39, 0.29) is 23.1 Å². The lowest BCUT2D eigenvalue weighted by Crippen LogP contribution is -2.49. The molecule has 0 radical (unpaired) electrons. The van der Waals surface area contributed by atoms with Gasteiger partial charge in [-0.2, -0.15) is 0 Å². The third-order valence-corrected chi connectivity index (χ3v) is 6.13. The fourth-order valence-electron chi connectivity index (χ4n) is 4.20. The minimum Gasteiger partial charge on any atom is -0.368 e. The van der Waals surface area contributed by atoms with Crippen molar-refractivity contribution in [1.29, 1.82) is 0 Å². The van der Waals surface area contributed by atoms with Gasteiger partial charge in [-0.15, -0.1) is 0 Å². The molecular formula is C21H23F2N3O2. The molecule has 1 saturated heterocycles. The van der Waals surface area contributed by atoms with Crippen LogP contribution >= 0.6 is 0 Å². The highest BCUT2D eigenvalue weighted by Crippen LogP contribution is 2.32. The van der Waals surface area contributed by atoms with Crippen LogP contribution in [0, 0.1) is 31.4 Å². The lowest BCUT2D eigenvalue weighted by atomic mass is 9.94. The normalized spacial score (nSPS) is 16.3. The molecule has 3 heterocycles. The van der Waals surface area contributed by atoms with Crippen LogP contribution in [0.25, 0.3) is 0 Å². The summed E-state index contributed by atoms with van der Waals surface area (Å²) in [6, 6.07) is 4.14. The van der Waals surface area contributed by atoms with Gasteiger partial charge in [0.1, 0.15) is 0 Å².